The standard InChI is InChI=1S/C17H16N2O3/c1-22-19(16(13-20)15-9-5-6-12-18-15)17(21)11-10-14-7-3-2-4-8-14/h2-13,16H,1H3. The molecule has 0 N–H and O–H groups in total. The predicted octanol–water partition coefficient (Wildman–Crippen LogP) is 2.43. The third kappa shape index (κ3) is 3.86. The van der Waals surface area contributed by atoms with Crippen molar-refractivity contribution < 1.29 is 14.4 Å². The molecule has 1 aromatic heterocycles. The Kier molecular flexibility index (Phi) is 5.57. The van der Waals surface area contributed by atoms with E-state index in [9.17, 15) is 9.59 Å². The van der Waals surface area contributed by atoms with Gasteiger partial charge in [-0.3, -0.25) is 14.6 Å². The van der Waals surface area contributed by atoms with Gasteiger partial charge in [0.2, 0.25) is 0 Å². The fraction of sp³-hybridized carbons (Fsp3) is 0.118. The number of hydrogen-bond donors (Lipinski definition) is 0. The van der Waals surface area contributed by atoms with Crippen molar-refractivity contribution in [1.29, 1.82) is 0 Å². The van der Waals surface area contributed by atoms with E-state index in [1.54, 1.807) is 30.5 Å². The second-order valence-electron chi connectivity index (χ2n) is 4.43. The molecule has 2 rings (SSSR count). The second kappa shape index (κ2) is 7.85. The van der Waals surface area contributed by atoms with Crippen LogP contribution in [0.4, 0.5) is 0 Å². The van der Waals surface area contributed by atoms with Gasteiger partial charge in [0.05, 0.1) is 12.8 Å². The third-order valence-electron chi connectivity index (χ3n) is 3.00. The number of rotatable bonds is 6. The van der Waals surface area contributed by atoms with Crippen LogP contribution in [0.1, 0.15) is 17.3 Å². The van der Waals surface area contributed by atoms with Crippen molar-refractivity contribution in [3.8, 4) is 0 Å². The molecule has 2 aromatic rings. The first-order valence-corrected chi connectivity index (χ1v) is 6.73. The maximum Gasteiger partial charge on any atom is 0.271 e. The van der Waals surface area contributed by atoms with Gasteiger partial charge in [-0.25, -0.2) is 5.06 Å². The molecule has 1 unspecified atom stereocenters. The van der Waals surface area contributed by atoms with Gasteiger partial charge in [-0.15, -0.1) is 0 Å². The number of amides is 1. The number of pyridine rings is 1. The summed E-state index contributed by atoms with van der Waals surface area (Å²) in [5, 5.41) is 0.995. The van der Waals surface area contributed by atoms with Gasteiger partial charge in [0.1, 0.15) is 0 Å². The minimum atomic E-state index is -0.890. The molecule has 0 bridgehead atoms. The van der Waals surface area contributed by atoms with Gasteiger partial charge < -0.3 is 4.79 Å². The Hall–Kier alpha value is -2.79. The Balaban J connectivity index is 2.17. The number of carbonyl (C=O) groups is 2. The van der Waals surface area contributed by atoms with Crippen LogP contribution in [-0.2, 0) is 14.4 Å². The highest BCUT2D eigenvalue weighted by Gasteiger charge is 2.24. The van der Waals surface area contributed by atoms with E-state index >= 15 is 0 Å². The maximum absolute atomic E-state index is 12.2. The summed E-state index contributed by atoms with van der Waals surface area (Å²) in [5.41, 5.74) is 1.33. The van der Waals surface area contributed by atoms with Crippen molar-refractivity contribution in [1.82, 2.24) is 10.0 Å². The van der Waals surface area contributed by atoms with Gasteiger partial charge in [0.25, 0.3) is 5.91 Å². The normalized spacial score (nSPS) is 12.0. The lowest BCUT2D eigenvalue weighted by Gasteiger charge is -2.23. The number of hydrogen-bond acceptors (Lipinski definition) is 4. The Morgan fingerprint density at radius 1 is 1.18 bits per heavy atom. The Morgan fingerprint density at radius 2 is 1.91 bits per heavy atom. The molecule has 0 aliphatic carbocycles. The molecule has 5 heteroatoms. The number of aldehydes is 1. The van der Waals surface area contributed by atoms with Gasteiger partial charge in [0, 0.05) is 12.3 Å². The van der Waals surface area contributed by atoms with Crippen LogP contribution in [-0.4, -0.2) is 29.4 Å². The average Bonchev–Trinajstić information content (AvgIpc) is 2.59. The zero-order valence-electron chi connectivity index (χ0n) is 12.1. The topological polar surface area (TPSA) is 59.5 Å². The van der Waals surface area contributed by atoms with Crippen LogP contribution in [0.15, 0.2) is 60.8 Å². The van der Waals surface area contributed by atoms with E-state index < -0.39 is 11.9 Å². The van der Waals surface area contributed by atoms with Gasteiger partial charge in [0.15, 0.2) is 12.3 Å². The van der Waals surface area contributed by atoms with Gasteiger partial charge >= 0.3 is 0 Å². The van der Waals surface area contributed by atoms with Crippen molar-refractivity contribution in [2.24, 2.45) is 0 Å². The summed E-state index contributed by atoms with van der Waals surface area (Å²) in [6, 6.07) is 13.6. The van der Waals surface area contributed by atoms with Crippen LogP contribution < -0.4 is 0 Å². The summed E-state index contributed by atoms with van der Waals surface area (Å²) in [5.74, 6) is -0.436. The highest BCUT2D eigenvalue weighted by molar-refractivity contribution is 5.92. The Labute approximate surface area is 128 Å². The average molecular weight is 296 g/mol. The lowest BCUT2D eigenvalue weighted by atomic mass is 10.2. The van der Waals surface area contributed by atoms with E-state index in [4.69, 9.17) is 4.84 Å². The van der Waals surface area contributed by atoms with E-state index in [1.807, 2.05) is 30.3 Å². The Morgan fingerprint density at radius 3 is 2.50 bits per heavy atom. The van der Waals surface area contributed by atoms with Crippen molar-refractivity contribution in [2.75, 3.05) is 7.11 Å². The molecule has 5 nitrogen and oxygen atoms in total. The highest BCUT2D eigenvalue weighted by atomic mass is 16.7. The van der Waals surface area contributed by atoms with E-state index in [0.717, 1.165) is 10.6 Å². The summed E-state index contributed by atoms with van der Waals surface area (Å²) >= 11 is 0. The number of aromatic nitrogens is 1. The number of carbonyl (C=O) groups excluding carboxylic acids is 2. The predicted molar refractivity (Wildman–Crippen MR) is 82.4 cm³/mol. The van der Waals surface area contributed by atoms with Crippen molar-refractivity contribution in [3.63, 3.8) is 0 Å². The summed E-state index contributed by atoms with van der Waals surface area (Å²) in [6.07, 6.45) is 5.21. The van der Waals surface area contributed by atoms with Gasteiger partial charge in [-0.2, -0.15) is 0 Å². The molecule has 0 fully saturated rings. The molecule has 0 saturated heterocycles. The van der Waals surface area contributed by atoms with Crippen molar-refractivity contribution >= 4 is 18.3 Å². The maximum atomic E-state index is 12.2. The van der Waals surface area contributed by atoms with E-state index in [1.165, 1.54) is 13.2 Å². The Bertz CT molecular complexity index is 641. The van der Waals surface area contributed by atoms with Crippen LogP contribution in [0.5, 0.6) is 0 Å². The highest BCUT2D eigenvalue weighted by Crippen LogP contribution is 2.17. The van der Waals surface area contributed by atoms with Crippen LogP contribution >= 0.6 is 0 Å². The van der Waals surface area contributed by atoms with Crippen LogP contribution in [0.3, 0.4) is 0 Å². The van der Waals surface area contributed by atoms with Gasteiger partial charge in [-0.05, 0) is 23.8 Å². The first-order chi connectivity index (χ1) is 10.8. The molecule has 0 aliphatic rings. The molecule has 0 radical (unpaired) electrons. The minimum absolute atomic E-state index is 0.436. The van der Waals surface area contributed by atoms with Crippen LogP contribution in [0.2, 0.25) is 0 Å². The number of benzene rings is 1. The van der Waals surface area contributed by atoms with Crippen LogP contribution in [0, 0.1) is 0 Å². The fourth-order valence-corrected chi connectivity index (χ4v) is 1.94. The first-order valence-electron chi connectivity index (χ1n) is 6.73. The molecule has 0 spiro atoms. The molecule has 1 amide bonds. The van der Waals surface area contributed by atoms with E-state index in [0.29, 0.717) is 12.0 Å². The van der Waals surface area contributed by atoms with Crippen LogP contribution in [0.25, 0.3) is 6.08 Å². The molecule has 112 valence electrons. The minimum Gasteiger partial charge on any atom is -0.300 e. The van der Waals surface area contributed by atoms with Crippen molar-refractivity contribution in [3.05, 3.63) is 72.1 Å². The smallest absolute Gasteiger partial charge is 0.271 e. The summed E-state index contributed by atoms with van der Waals surface area (Å²) in [6.45, 7) is 0. The van der Waals surface area contributed by atoms with Gasteiger partial charge in [-0.1, -0.05) is 36.4 Å². The molecule has 1 aromatic carbocycles. The quantitative estimate of drug-likeness (QED) is 0.466. The monoisotopic (exact) mass is 296 g/mol. The summed E-state index contributed by atoms with van der Waals surface area (Å²) in [7, 11) is 1.34. The molecular weight excluding hydrogens is 280 g/mol. The molecular formula is C17H16N2O3. The summed E-state index contributed by atoms with van der Waals surface area (Å²) in [4.78, 5) is 32.8. The number of nitrogens with zero attached hydrogens (tertiary/aromatic N) is 2. The SMILES string of the molecule is CON(C(=O)C=Cc1ccccc1)C(C=O)c1ccccn1. The fourth-order valence-electron chi connectivity index (χ4n) is 1.94. The molecule has 1 atom stereocenters. The number of hydroxylamine groups is 2. The zero-order chi connectivity index (χ0) is 15.8. The van der Waals surface area contributed by atoms with E-state index in [-0.39, 0.29) is 0 Å². The molecule has 0 aliphatic heterocycles. The summed E-state index contributed by atoms with van der Waals surface area (Å²) < 4.78 is 0. The first kappa shape index (κ1) is 15.6. The molecule has 1 heterocycles. The third-order valence-corrected chi connectivity index (χ3v) is 3.00. The zero-order valence-corrected chi connectivity index (χ0v) is 12.1. The van der Waals surface area contributed by atoms with E-state index in [2.05, 4.69) is 4.98 Å². The lowest BCUT2D eigenvalue weighted by Crippen LogP contribution is -2.34. The lowest BCUT2D eigenvalue weighted by molar-refractivity contribution is -0.184. The molecule has 22 heavy (non-hydrogen) atoms. The van der Waals surface area contributed by atoms with Crippen molar-refractivity contribution in [2.45, 2.75) is 6.04 Å². The molecule has 0 saturated carbocycles. The largest absolute Gasteiger partial charge is 0.300 e. The second-order valence-corrected chi connectivity index (χ2v) is 4.43.